The molecule has 0 heterocycles. The molecule has 2 nitrogen and oxygen atoms in total. The van der Waals surface area contributed by atoms with Crippen LogP contribution in [0.3, 0.4) is 0 Å². The van der Waals surface area contributed by atoms with Crippen molar-refractivity contribution in [1.82, 2.24) is 0 Å². The topological polar surface area (TPSA) is 43.1 Å². The summed E-state index contributed by atoms with van der Waals surface area (Å²) in [6, 6.07) is 2.72. The van der Waals surface area contributed by atoms with Crippen molar-refractivity contribution >= 4 is 23.2 Å². The molecule has 0 fully saturated rings. The Morgan fingerprint density at radius 2 is 2.21 bits per heavy atom. The Kier molecular flexibility index (Phi) is 3.52. The van der Waals surface area contributed by atoms with E-state index in [1.54, 1.807) is 6.92 Å². The number of carbonyl (C=O) groups is 1. The minimum absolute atomic E-state index is 0.0123. The first kappa shape index (κ1) is 11.0. The van der Waals surface area contributed by atoms with Crippen molar-refractivity contribution in [1.29, 1.82) is 0 Å². The monoisotopic (exact) mass is 213 g/mol. The normalized spacial score (nSPS) is 10.2. The first-order chi connectivity index (χ1) is 6.57. The van der Waals surface area contributed by atoms with Gasteiger partial charge in [0.2, 0.25) is 0 Å². The Balaban J connectivity index is 3.11. The largest absolute Gasteiger partial charge is 0.396 e. The molecular formula is C10H12FNOS. The van der Waals surface area contributed by atoms with E-state index in [0.29, 0.717) is 16.9 Å². The van der Waals surface area contributed by atoms with E-state index in [-0.39, 0.29) is 11.5 Å². The van der Waals surface area contributed by atoms with E-state index in [4.69, 9.17) is 5.73 Å². The average molecular weight is 213 g/mol. The fraction of sp³-hybridized carbons (Fsp3) is 0.300. The lowest BCUT2D eigenvalue weighted by molar-refractivity contribution is 0.102. The van der Waals surface area contributed by atoms with Gasteiger partial charge in [-0.15, -0.1) is 0 Å². The first-order valence-corrected chi connectivity index (χ1v) is 5.54. The van der Waals surface area contributed by atoms with Gasteiger partial charge in [0.1, 0.15) is 5.82 Å². The molecule has 1 rings (SSSR count). The number of thioether (sulfide) groups is 1. The maximum atomic E-state index is 13.0. The fourth-order valence-corrected chi connectivity index (χ4v) is 1.62. The number of hydrogen-bond donors (Lipinski definition) is 1. The van der Waals surface area contributed by atoms with E-state index in [9.17, 15) is 9.18 Å². The van der Waals surface area contributed by atoms with Crippen LogP contribution in [0, 0.1) is 12.7 Å². The lowest BCUT2D eigenvalue weighted by Crippen LogP contribution is -2.07. The lowest BCUT2D eigenvalue weighted by Gasteiger charge is -2.07. The maximum Gasteiger partial charge on any atom is 0.173 e. The van der Waals surface area contributed by atoms with E-state index in [1.165, 1.54) is 23.9 Å². The van der Waals surface area contributed by atoms with Crippen LogP contribution in [0.4, 0.5) is 10.1 Å². The van der Waals surface area contributed by atoms with E-state index in [0.717, 1.165) is 0 Å². The molecule has 0 saturated heterocycles. The Hall–Kier alpha value is -1.03. The smallest absolute Gasteiger partial charge is 0.173 e. The molecular weight excluding hydrogens is 201 g/mol. The summed E-state index contributed by atoms with van der Waals surface area (Å²) in [6.07, 6.45) is 1.85. The quantitative estimate of drug-likeness (QED) is 0.618. The van der Waals surface area contributed by atoms with Crippen LogP contribution in [0.15, 0.2) is 12.1 Å². The van der Waals surface area contributed by atoms with Gasteiger partial charge in [-0.05, 0) is 30.9 Å². The molecule has 0 saturated carbocycles. The molecule has 76 valence electrons. The molecule has 0 unspecified atom stereocenters. The number of nitrogen functional groups attached to an aromatic ring is 1. The molecule has 0 radical (unpaired) electrons. The number of rotatable bonds is 3. The van der Waals surface area contributed by atoms with Gasteiger partial charge in [-0.2, -0.15) is 11.8 Å². The Morgan fingerprint density at radius 3 is 2.79 bits per heavy atom. The zero-order chi connectivity index (χ0) is 10.7. The predicted octanol–water partition coefficient (Wildman–Crippen LogP) is 2.26. The fourth-order valence-electron chi connectivity index (χ4n) is 1.21. The number of halogens is 1. The number of nitrogens with two attached hydrogens (primary N) is 1. The summed E-state index contributed by atoms with van der Waals surface area (Å²) in [4.78, 5) is 11.5. The van der Waals surface area contributed by atoms with Crippen molar-refractivity contribution in [2.45, 2.75) is 6.92 Å². The third kappa shape index (κ3) is 2.07. The molecule has 1 aromatic rings. The van der Waals surface area contributed by atoms with Gasteiger partial charge in [-0.1, -0.05) is 0 Å². The number of ketones is 1. The molecule has 0 aliphatic carbocycles. The second-order valence-electron chi connectivity index (χ2n) is 2.99. The van der Waals surface area contributed by atoms with Gasteiger partial charge in [0.15, 0.2) is 5.78 Å². The highest BCUT2D eigenvalue weighted by Gasteiger charge is 2.12. The number of carbonyl (C=O) groups excluding carboxylic acids is 1. The zero-order valence-corrected chi connectivity index (χ0v) is 8.95. The standard InChI is InChI=1S/C10H12FNOS/c1-6-7(9(13)5-14-2)3-4-8(11)10(6)12/h3-4H,5,12H2,1-2H3. The van der Waals surface area contributed by atoms with Crippen molar-refractivity contribution in [2.75, 3.05) is 17.7 Å². The van der Waals surface area contributed by atoms with Crippen LogP contribution in [0.25, 0.3) is 0 Å². The number of benzene rings is 1. The Morgan fingerprint density at radius 1 is 1.57 bits per heavy atom. The highest BCUT2D eigenvalue weighted by molar-refractivity contribution is 7.99. The summed E-state index contributed by atoms with van der Waals surface area (Å²) in [5, 5.41) is 0. The molecule has 4 heteroatoms. The van der Waals surface area contributed by atoms with Gasteiger partial charge in [0, 0.05) is 5.56 Å². The number of hydrogen-bond acceptors (Lipinski definition) is 3. The van der Waals surface area contributed by atoms with Crippen LogP contribution in [0.2, 0.25) is 0 Å². The van der Waals surface area contributed by atoms with Gasteiger partial charge in [-0.3, -0.25) is 4.79 Å². The minimum atomic E-state index is -0.469. The summed E-state index contributed by atoms with van der Waals surface area (Å²) in [6.45, 7) is 1.66. The molecule has 0 aromatic heterocycles. The molecule has 0 aliphatic heterocycles. The van der Waals surface area contributed by atoms with E-state index in [1.807, 2.05) is 6.26 Å². The van der Waals surface area contributed by atoms with Crippen LogP contribution in [0.1, 0.15) is 15.9 Å². The highest BCUT2D eigenvalue weighted by atomic mass is 32.2. The third-order valence-electron chi connectivity index (χ3n) is 2.04. The third-order valence-corrected chi connectivity index (χ3v) is 2.59. The van der Waals surface area contributed by atoms with Gasteiger partial charge in [-0.25, -0.2) is 4.39 Å². The lowest BCUT2D eigenvalue weighted by atomic mass is 10.0. The molecule has 0 atom stereocenters. The molecule has 14 heavy (non-hydrogen) atoms. The molecule has 0 amide bonds. The first-order valence-electron chi connectivity index (χ1n) is 4.14. The van der Waals surface area contributed by atoms with Crippen LogP contribution in [0.5, 0.6) is 0 Å². The van der Waals surface area contributed by atoms with Gasteiger partial charge in [0.05, 0.1) is 11.4 Å². The van der Waals surface area contributed by atoms with Crippen LogP contribution in [-0.2, 0) is 0 Å². The average Bonchev–Trinajstić information content (AvgIpc) is 2.15. The summed E-state index contributed by atoms with van der Waals surface area (Å²) in [5.41, 5.74) is 6.59. The van der Waals surface area contributed by atoms with Crippen molar-refractivity contribution < 1.29 is 9.18 Å². The summed E-state index contributed by atoms with van der Waals surface area (Å²) in [7, 11) is 0. The van der Waals surface area contributed by atoms with E-state index in [2.05, 4.69) is 0 Å². The van der Waals surface area contributed by atoms with Crippen molar-refractivity contribution in [3.05, 3.63) is 29.1 Å². The number of Topliss-reactive ketones (excluding diaryl/α,β-unsaturated/α-hetero) is 1. The van der Waals surface area contributed by atoms with Crippen molar-refractivity contribution in [3.63, 3.8) is 0 Å². The summed E-state index contributed by atoms with van der Waals surface area (Å²) < 4.78 is 13.0. The molecule has 1 aromatic carbocycles. The van der Waals surface area contributed by atoms with Crippen molar-refractivity contribution in [2.24, 2.45) is 0 Å². The van der Waals surface area contributed by atoms with Crippen LogP contribution in [-0.4, -0.2) is 17.8 Å². The van der Waals surface area contributed by atoms with Gasteiger partial charge >= 0.3 is 0 Å². The zero-order valence-electron chi connectivity index (χ0n) is 8.13. The van der Waals surface area contributed by atoms with Crippen LogP contribution >= 0.6 is 11.8 Å². The summed E-state index contributed by atoms with van der Waals surface area (Å²) >= 11 is 1.44. The minimum Gasteiger partial charge on any atom is -0.396 e. The molecule has 0 spiro atoms. The highest BCUT2D eigenvalue weighted by Crippen LogP contribution is 2.20. The maximum absolute atomic E-state index is 13.0. The van der Waals surface area contributed by atoms with Gasteiger partial charge in [0.25, 0.3) is 0 Å². The van der Waals surface area contributed by atoms with E-state index >= 15 is 0 Å². The molecule has 0 aliphatic rings. The summed E-state index contributed by atoms with van der Waals surface area (Å²) in [5.74, 6) is -0.0868. The second kappa shape index (κ2) is 4.46. The second-order valence-corrected chi connectivity index (χ2v) is 3.86. The molecule has 0 bridgehead atoms. The molecule has 2 N–H and O–H groups in total. The van der Waals surface area contributed by atoms with Crippen LogP contribution < -0.4 is 5.73 Å². The Bertz CT molecular complexity index is 365. The SMILES string of the molecule is CSCC(=O)c1ccc(F)c(N)c1C. The van der Waals surface area contributed by atoms with Crippen molar-refractivity contribution in [3.8, 4) is 0 Å². The van der Waals surface area contributed by atoms with E-state index < -0.39 is 5.82 Å². The number of anilines is 1. The van der Waals surface area contributed by atoms with Gasteiger partial charge < -0.3 is 5.73 Å². The predicted molar refractivity (Wildman–Crippen MR) is 58.3 cm³/mol. The Labute approximate surface area is 86.7 Å².